The zero-order valence-corrected chi connectivity index (χ0v) is 21.8. The second kappa shape index (κ2) is 11.1. The van der Waals surface area contributed by atoms with Gasteiger partial charge in [0.1, 0.15) is 0 Å². The highest BCUT2D eigenvalue weighted by molar-refractivity contribution is 5.95. The van der Waals surface area contributed by atoms with Crippen LogP contribution in [-0.2, 0) is 9.53 Å². The molecule has 1 atom stereocenters. The van der Waals surface area contributed by atoms with Crippen LogP contribution in [0.15, 0.2) is 35.5 Å². The van der Waals surface area contributed by atoms with Gasteiger partial charge in [0.15, 0.2) is 0 Å². The Labute approximate surface area is 208 Å². The summed E-state index contributed by atoms with van der Waals surface area (Å²) in [4.78, 5) is 44.3. The Kier molecular flexibility index (Phi) is 8.43. The number of aryl methyl sites for hydroxylation is 1. The monoisotopic (exact) mass is 485 g/mol. The molecule has 0 saturated carbocycles. The van der Waals surface area contributed by atoms with E-state index < -0.39 is 12.0 Å². The lowest BCUT2D eigenvalue weighted by atomic mass is 9.93. The number of ether oxygens (including phenoxy) is 1. The first-order valence-corrected chi connectivity index (χ1v) is 12.3. The third-order valence-corrected chi connectivity index (χ3v) is 6.18. The molecular formula is C26H39N5O4. The Morgan fingerprint density at radius 2 is 1.91 bits per heavy atom. The van der Waals surface area contributed by atoms with Crippen molar-refractivity contribution in [3.8, 4) is 0 Å². The summed E-state index contributed by atoms with van der Waals surface area (Å²) < 4.78 is 5.43. The highest BCUT2D eigenvalue weighted by atomic mass is 16.5. The molecule has 4 amide bonds. The molecule has 1 aromatic carbocycles. The summed E-state index contributed by atoms with van der Waals surface area (Å²) in [5.41, 5.74) is 2.66. The maximum absolute atomic E-state index is 13.2. The van der Waals surface area contributed by atoms with E-state index in [1.54, 1.807) is 14.0 Å². The maximum atomic E-state index is 13.2. The van der Waals surface area contributed by atoms with E-state index in [1.807, 2.05) is 56.9 Å². The third-order valence-electron chi connectivity index (χ3n) is 6.18. The quantitative estimate of drug-likeness (QED) is 0.626. The van der Waals surface area contributed by atoms with Gasteiger partial charge >= 0.3 is 18.0 Å². The Bertz CT molecular complexity index is 984. The molecule has 192 valence electrons. The molecule has 1 fully saturated rings. The van der Waals surface area contributed by atoms with Crippen LogP contribution in [0.2, 0.25) is 0 Å². The van der Waals surface area contributed by atoms with Crippen LogP contribution < -0.4 is 10.6 Å². The van der Waals surface area contributed by atoms with Crippen molar-refractivity contribution in [3.05, 3.63) is 46.7 Å². The van der Waals surface area contributed by atoms with Gasteiger partial charge in [-0.1, -0.05) is 29.8 Å². The van der Waals surface area contributed by atoms with Crippen LogP contribution >= 0.6 is 0 Å². The van der Waals surface area contributed by atoms with E-state index in [0.717, 1.165) is 24.1 Å². The number of nitrogens with one attached hydrogen (secondary N) is 2. The largest absolute Gasteiger partial charge is 0.463 e. The number of carbonyl (C=O) groups excluding carboxylic acids is 3. The van der Waals surface area contributed by atoms with Crippen LogP contribution in [0, 0.1) is 6.92 Å². The van der Waals surface area contributed by atoms with Crippen LogP contribution in [0.5, 0.6) is 0 Å². The van der Waals surface area contributed by atoms with E-state index in [1.165, 1.54) is 4.90 Å². The topological polar surface area (TPSA) is 94.2 Å². The molecule has 0 unspecified atom stereocenters. The zero-order valence-electron chi connectivity index (χ0n) is 21.8. The number of rotatable bonds is 5. The number of hydrogen-bond acceptors (Lipinski definition) is 5. The van der Waals surface area contributed by atoms with Gasteiger partial charge in [0.05, 0.1) is 18.2 Å². The van der Waals surface area contributed by atoms with Crippen LogP contribution in [-0.4, -0.2) is 84.6 Å². The molecule has 2 aliphatic rings. The summed E-state index contributed by atoms with van der Waals surface area (Å²) in [6.45, 7) is 12.9. The molecule has 3 rings (SSSR count). The molecule has 2 N–H and O–H groups in total. The summed E-state index contributed by atoms with van der Waals surface area (Å²) >= 11 is 0. The van der Waals surface area contributed by atoms with Gasteiger partial charge in [-0.15, -0.1) is 0 Å². The fourth-order valence-electron chi connectivity index (χ4n) is 4.44. The normalized spacial score (nSPS) is 19.8. The number of likely N-dealkylation sites (N-methyl/N-ethyl adjacent to an activating group) is 1. The minimum absolute atomic E-state index is 0.0700. The maximum Gasteiger partial charge on any atom is 0.338 e. The van der Waals surface area contributed by atoms with Gasteiger partial charge in [0.25, 0.3) is 0 Å². The van der Waals surface area contributed by atoms with Gasteiger partial charge in [-0.05, 0) is 46.6 Å². The van der Waals surface area contributed by atoms with Crippen molar-refractivity contribution >= 4 is 18.0 Å². The van der Waals surface area contributed by atoms with Gasteiger partial charge in [0.2, 0.25) is 0 Å². The third kappa shape index (κ3) is 6.75. The van der Waals surface area contributed by atoms with Crippen molar-refractivity contribution in [2.45, 2.75) is 52.6 Å². The van der Waals surface area contributed by atoms with Gasteiger partial charge in [-0.25, -0.2) is 14.4 Å². The number of esters is 1. The fraction of sp³-hybridized carbons (Fsp3) is 0.577. The van der Waals surface area contributed by atoms with E-state index in [0.29, 0.717) is 37.4 Å². The molecule has 2 heterocycles. The lowest BCUT2D eigenvalue weighted by Crippen LogP contribution is -2.50. The summed E-state index contributed by atoms with van der Waals surface area (Å²) in [6.07, 6.45) is 0.802. The predicted molar refractivity (Wildman–Crippen MR) is 135 cm³/mol. The second-order valence-electron chi connectivity index (χ2n) is 10.2. The van der Waals surface area contributed by atoms with Crippen molar-refractivity contribution in [3.63, 3.8) is 0 Å². The molecule has 1 saturated heterocycles. The average Bonchev–Trinajstić information content (AvgIpc) is 3.01. The van der Waals surface area contributed by atoms with Gasteiger partial charge in [-0.3, -0.25) is 9.80 Å². The van der Waals surface area contributed by atoms with E-state index >= 15 is 0 Å². The molecule has 0 bridgehead atoms. The summed E-state index contributed by atoms with van der Waals surface area (Å²) in [6, 6.07) is 6.87. The molecule has 9 heteroatoms. The number of nitrogens with zero attached hydrogens (tertiary/aromatic N) is 3. The first-order chi connectivity index (χ1) is 16.5. The Hall–Kier alpha value is -3.07. The van der Waals surface area contributed by atoms with Gasteiger partial charge < -0.3 is 20.3 Å². The van der Waals surface area contributed by atoms with Crippen molar-refractivity contribution in [1.29, 1.82) is 0 Å². The fourth-order valence-corrected chi connectivity index (χ4v) is 4.44. The number of benzene rings is 1. The van der Waals surface area contributed by atoms with E-state index in [-0.39, 0.29) is 24.2 Å². The Balaban J connectivity index is 1.88. The predicted octanol–water partition coefficient (Wildman–Crippen LogP) is 3.02. The second-order valence-corrected chi connectivity index (χ2v) is 10.2. The van der Waals surface area contributed by atoms with E-state index in [2.05, 4.69) is 15.5 Å². The number of carbonyl (C=O) groups is 3. The molecule has 0 spiro atoms. The van der Waals surface area contributed by atoms with Crippen LogP contribution in [0.1, 0.15) is 51.3 Å². The lowest BCUT2D eigenvalue weighted by Gasteiger charge is -2.36. The van der Waals surface area contributed by atoms with Crippen LogP contribution in [0.25, 0.3) is 0 Å². The minimum Gasteiger partial charge on any atom is -0.463 e. The lowest BCUT2D eigenvalue weighted by molar-refractivity contribution is -0.139. The van der Waals surface area contributed by atoms with E-state index in [4.69, 9.17) is 4.74 Å². The Morgan fingerprint density at radius 3 is 2.57 bits per heavy atom. The average molecular weight is 486 g/mol. The van der Waals surface area contributed by atoms with Gasteiger partial charge in [-0.2, -0.15) is 0 Å². The molecule has 2 aliphatic heterocycles. The summed E-state index contributed by atoms with van der Waals surface area (Å²) in [5.74, 6) is -0.429. The van der Waals surface area contributed by atoms with Crippen molar-refractivity contribution in [2.75, 3.05) is 46.4 Å². The smallest absolute Gasteiger partial charge is 0.338 e. The van der Waals surface area contributed by atoms with Crippen LogP contribution in [0.4, 0.5) is 9.59 Å². The molecule has 9 nitrogen and oxygen atoms in total. The molecule has 1 aromatic rings. The van der Waals surface area contributed by atoms with Crippen molar-refractivity contribution in [2.24, 2.45) is 0 Å². The summed E-state index contributed by atoms with van der Waals surface area (Å²) in [7, 11) is 1.68. The number of urea groups is 2. The minimum atomic E-state index is -0.589. The number of hydrogen-bond donors (Lipinski definition) is 2. The van der Waals surface area contributed by atoms with Crippen LogP contribution in [0.3, 0.4) is 0 Å². The number of amides is 4. The highest BCUT2D eigenvalue weighted by Gasteiger charge is 2.37. The van der Waals surface area contributed by atoms with Gasteiger partial charge in [0, 0.05) is 51.0 Å². The molecule has 35 heavy (non-hydrogen) atoms. The van der Waals surface area contributed by atoms with Crippen molar-refractivity contribution in [1.82, 2.24) is 25.3 Å². The SMILES string of the molecule is CCOC(=O)C1=C(CN2CCCN(C(=O)NC(C)(C)C)CC2)N(C)C(=O)N[C@H]1c1cccc(C)c1. The standard InChI is InChI=1S/C26H39N5O4/c1-7-35-23(32)21-20(29(6)24(33)27-22(21)19-11-8-10-18(2)16-19)17-30-12-9-13-31(15-14-30)25(34)28-26(3,4)5/h8,10-11,16,22H,7,9,12-15,17H2,1-6H3,(H,27,33)(H,28,34)/t22-/m0/s1. The summed E-state index contributed by atoms with van der Waals surface area (Å²) in [5, 5.41) is 6.00. The first-order valence-electron chi connectivity index (χ1n) is 12.3. The highest BCUT2D eigenvalue weighted by Crippen LogP contribution is 2.32. The molecule has 0 aromatic heterocycles. The Morgan fingerprint density at radius 1 is 1.17 bits per heavy atom. The van der Waals surface area contributed by atoms with Crippen molar-refractivity contribution < 1.29 is 19.1 Å². The molecule has 0 aliphatic carbocycles. The molecular weight excluding hydrogens is 446 g/mol. The first kappa shape index (κ1) is 26.5. The van der Waals surface area contributed by atoms with E-state index in [9.17, 15) is 14.4 Å². The molecule has 0 radical (unpaired) electrons. The zero-order chi connectivity index (χ0) is 25.8.